The molecule has 100 valence electrons. The highest BCUT2D eigenvalue weighted by atomic mass is 32.2. The quantitative estimate of drug-likeness (QED) is 0.777. The van der Waals surface area contributed by atoms with Crippen LogP contribution < -0.4 is 11.1 Å². The van der Waals surface area contributed by atoms with Gasteiger partial charge in [0.2, 0.25) is 5.91 Å². The minimum atomic E-state index is -0.416. The zero-order valence-electron chi connectivity index (χ0n) is 11.3. The molecule has 0 aliphatic rings. The van der Waals surface area contributed by atoms with Gasteiger partial charge < -0.3 is 11.1 Å². The molecule has 1 rings (SSSR count). The van der Waals surface area contributed by atoms with Crippen molar-refractivity contribution in [2.45, 2.75) is 37.8 Å². The molecule has 4 heteroatoms. The zero-order chi connectivity index (χ0) is 13.5. The molecule has 0 aromatic heterocycles. The molecule has 0 aliphatic carbocycles. The lowest BCUT2D eigenvalue weighted by Gasteiger charge is -2.17. The van der Waals surface area contributed by atoms with Crippen LogP contribution in [-0.4, -0.2) is 18.2 Å². The lowest BCUT2D eigenvalue weighted by Crippen LogP contribution is -2.44. The Balaban J connectivity index is 2.46. The second kappa shape index (κ2) is 7.44. The third-order valence-electron chi connectivity index (χ3n) is 3.19. The van der Waals surface area contributed by atoms with Crippen LogP contribution in [0.3, 0.4) is 0 Å². The maximum absolute atomic E-state index is 11.8. The Bertz CT molecular complexity index is 378. The van der Waals surface area contributed by atoms with Crippen LogP contribution in [0.15, 0.2) is 29.2 Å². The molecule has 2 atom stereocenters. The van der Waals surface area contributed by atoms with Gasteiger partial charge in [0.15, 0.2) is 0 Å². The van der Waals surface area contributed by atoms with E-state index in [-0.39, 0.29) is 11.8 Å². The molecule has 1 aromatic carbocycles. The smallest absolute Gasteiger partial charge is 0.237 e. The van der Waals surface area contributed by atoms with E-state index in [0.717, 1.165) is 12.0 Å². The van der Waals surface area contributed by atoms with E-state index >= 15 is 0 Å². The van der Waals surface area contributed by atoms with E-state index < -0.39 is 6.04 Å². The number of rotatable bonds is 6. The average molecular weight is 266 g/mol. The fourth-order valence-electron chi connectivity index (χ4n) is 1.56. The molecule has 0 saturated heterocycles. The Morgan fingerprint density at radius 3 is 2.50 bits per heavy atom. The van der Waals surface area contributed by atoms with Crippen LogP contribution in [0.1, 0.15) is 25.8 Å². The van der Waals surface area contributed by atoms with Gasteiger partial charge in [-0.1, -0.05) is 32.4 Å². The van der Waals surface area contributed by atoms with Crippen LogP contribution in [0.2, 0.25) is 0 Å². The molecule has 1 unspecified atom stereocenters. The van der Waals surface area contributed by atoms with E-state index in [0.29, 0.717) is 6.54 Å². The number of hydrogen-bond acceptors (Lipinski definition) is 3. The van der Waals surface area contributed by atoms with Crippen molar-refractivity contribution in [2.75, 3.05) is 6.26 Å². The molecule has 3 nitrogen and oxygen atoms in total. The van der Waals surface area contributed by atoms with Crippen LogP contribution in [-0.2, 0) is 11.3 Å². The van der Waals surface area contributed by atoms with Crippen LogP contribution in [0.5, 0.6) is 0 Å². The van der Waals surface area contributed by atoms with Gasteiger partial charge in [-0.3, -0.25) is 4.79 Å². The average Bonchev–Trinajstić information content (AvgIpc) is 2.43. The fraction of sp³-hybridized carbons (Fsp3) is 0.500. The van der Waals surface area contributed by atoms with Crippen molar-refractivity contribution in [3.63, 3.8) is 0 Å². The van der Waals surface area contributed by atoms with Crippen molar-refractivity contribution in [3.05, 3.63) is 29.8 Å². The van der Waals surface area contributed by atoms with Gasteiger partial charge in [0.05, 0.1) is 6.04 Å². The third kappa shape index (κ3) is 4.35. The molecular formula is C14H22N2OS. The summed E-state index contributed by atoms with van der Waals surface area (Å²) in [6.45, 7) is 4.58. The topological polar surface area (TPSA) is 55.1 Å². The predicted octanol–water partition coefficient (Wildman–Crippen LogP) is 2.40. The Labute approximate surface area is 114 Å². The first kappa shape index (κ1) is 15.1. The third-order valence-corrected chi connectivity index (χ3v) is 3.93. The lowest BCUT2D eigenvalue weighted by molar-refractivity contribution is -0.123. The molecule has 0 heterocycles. The molecule has 0 spiro atoms. The SMILES string of the molecule is CCC(C)[C@H](N)C(=O)NCc1ccc(SC)cc1. The first-order chi connectivity index (χ1) is 8.58. The number of carbonyl (C=O) groups excluding carboxylic acids is 1. The number of hydrogen-bond donors (Lipinski definition) is 2. The molecule has 18 heavy (non-hydrogen) atoms. The minimum absolute atomic E-state index is 0.0710. The maximum atomic E-state index is 11.8. The van der Waals surface area contributed by atoms with Gasteiger partial charge in [-0.05, 0) is 29.9 Å². The summed E-state index contributed by atoms with van der Waals surface area (Å²) in [4.78, 5) is 13.0. The van der Waals surface area contributed by atoms with Gasteiger partial charge in [0, 0.05) is 11.4 Å². The standard InChI is InChI=1S/C14H22N2OS/c1-4-10(2)13(15)14(17)16-9-11-5-7-12(18-3)8-6-11/h5-8,10,13H,4,9,15H2,1-3H3,(H,16,17)/t10?,13-/m0/s1. The number of nitrogens with two attached hydrogens (primary N) is 1. The Hall–Kier alpha value is -1.00. The molecule has 0 aliphatic heterocycles. The monoisotopic (exact) mass is 266 g/mol. The minimum Gasteiger partial charge on any atom is -0.351 e. The van der Waals surface area contributed by atoms with Crippen molar-refractivity contribution in [2.24, 2.45) is 11.7 Å². The number of carbonyl (C=O) groups is 1. The molecule has 3 N–H and O–H groups in total. The van der Waals surface area contributed by atoms with Gasteiger partial charge in [0.25, 0.3) is 0 Å². The summed E-state index contributed by atoms with van der Waals surface area (Å²) in [7, 11) is 0. The first-order valence-electron chi connectivity index (χ1n) is 6.24. The van der Waals surface area contributed by atoms with Gasteiger partial charge >= 0.3 is 0 Å². The first-order valence-corrected chi connectivity index (χ1v) is 7.47. The Morgan fingerprint density at radius 1 is 1.39 bits per heavy atom. The Morgan fingerprint density at radius 2 is 2.00 bits per heavy atom. The summed E-state index contributed by atoms with van der Waals surface area (Å²) < 4.78 is 0. The fourth-order valence-corrected chi connectivity index (χ4v) is 1.97. The molecule has 1 aromatic rings. The summed E-state index contributed by atoms with van der Waals surface area (Å²) >= 11 is 1.71. The van der Waals surface area contributed by atoms with Crippen LogP contribution >= 0.6 is 11.8 Å². The maximum Gasteiger partial charge on any atom is 0.237 e. The number of benzene rings is 1. The van der Waals surface area contributed by atoms with Crippen LogP contribution in [0.25, 0.3) is 0 Å². The highest BCUT2D eigenvalue weighted by Gasteiger charge is 2.18. The van der Waals surface area contributed by atoms with Crippen LogP contribution in [0.4, 0.5) is 0 Å². The van der Waals surface area contributed by atoms with E-state index in [1.807, 2.05) is 32.2 Å². The predicted molar refractivity (Wildman–Crippen MR) is 77.5 cm³/mol. The van der Waals surface area contributed by atoms with Gasteiger partial charge in [-0.25, -0.2) is 0 Å². The van der Waals surface area contributed by atoms with E-state index in [2.05, 4.69) is 17.4 Å². The van der Waals surface area contributed by atoms with E-state index in [1.54, 1.807) is 11.8 Å². The molecule has 0 fully saturated rings. The van der Waals surface area contributed by atoms with E-state index in [1.165, 1.54) is 4.90 Å². The summed E-state index contributed by atoms with van der Waals surface area (Å²) in [6.07, 6.45) is 2.96. The largest absolute Gasteiger partial charge is 0.351 e. The number of thioether (sulfide) groups is 1. The van der Waals surface area contributed by atoms with Crippen molar-refractivity contribution in [1.82, 2.24) is 5.32 Å². The summed E-state index contributed by atoms with van der Waals surface area (Å²) in [5, 5.41) is 2.88. The van der Waals surface area contributed by atoms with Crippen molar-refractivity contribution < 1.29 is 4.79 Å². The molecule has 1 amide bonds. The van der Waals surface area contributed by atoms with E-state index in [9.17, 15) is 4.79 Å². The Kier molecular flexibility index (Phi) is 6.22. The van der Waals surface area contributed by atoms with Gasteiger partial charge in [0.1, 0.15) is 0 Å². The molecule has 0 saturated carbocycles. The van der Waals surface area contributed by atoms with Crippen molar-refractivity contribution in [1.29, 1.82) is 0 Å². The van der Waals surface area contributed by atoms with Gasteiger partial charge in [-0.2, -0.15) is 0 Å². The van der Waals surface area contributed by atoms with Crippen LogP contribution in [0, 0.1) is 5.92 Å². The normalized spacial score (nSPS) is 14.0. The van der Waals surface area contributed by atoms with Crippen molar-refractivity contribution in [3.8, 4) is 0 Å². The van der Waals surface area contributed by atoms with E-state index in [4.69, 9.17) is 5.73 Å². The molecule has 0 bridgehead atoms. The highest BCUT2D eigenvalue weighted by molar-refractivity contribution is 7.98. The summed E-state index contributed by atoms with van der Waals surface area (Å²) in [5.74, 6) is 0.141. The lowest BCUT2D eigenvalue weighted by atomic mass is 9.99. The zero-order valence-corrected chi connectivity index (χ0v) is 12.1. The van der Waals surface area contributed by atoms with Crippen molar-refractivity contribution >= 4 is 17.7 Å². The summed E-state index contributed by atoms with van der Waals surface area (Å²) in [6, 6.07) is 7.75. The highest BCUT2D eigenvalue weighted by Crippen LogP contribution is 2.14. The summed E-state index contributed by atoms with van der Waals surface area (Å²) in [5.41, 5.74) is 6.96. The molecule has 0 radical (unpaired) electrons. The molecular weight excluding hydrogens is 244 g/mol. The van der Waals surface area contributed by atoms with Gasteiger partial charge in [-0.15, -0.1) is 11.8 Å². The second-order valence-electron chi connectivity index (χ2n) is 4.48. The number of amides is 1. The second-order valence-corrected chi connectivity index (χ2v) is 5.36. The number of nitrogens with one attached hydrogen (secondary N) is 1.